The van der Waals surface area contributed by atoms with E-state index in [1.54, 1.807) is 13.3 Å². The van der Waals surface area contributed by atoms with Crippen molar-refractivity contribution in [3.63, 3.8) is 0 Å². The zero-order valence-electron chi connectivity index (χ0n) is 16.1. The lowest BCUT2D eigenvalue weighted by atomic mass is 9.99. The van der Waals surface area contributed by atoms with Gasteiger partial charge in [-0.15, -0.1) is 24.0 Å². The van der Waals surface area contributed by atoms with Gasteiger partial charge >= 0.3 is 0 Å². The Balaban J connectivity index is 0.00000261. The van der Waals surface area contributed by atoms with Crippen LogP contribution in [-0.2, 0) is 13.0 Å². The minimum atomic E-state index is 0. The maximum atomic E-state index is 5.33. The Morgan fingerprint density at radius 1 is 1.26 bits per heavy atom. The first-order chi connectivity index (χ1) is 12.7. The normalized spacial score (nSPS) is 15.3. The predicted octanol–water partition coefficient (Wildman–Crippen LogP) is 3.44. The zero-order valence-corrected chi connectivity index (χ0v) is 18.5. The molecule has 27 heavy (non-hydrogen) atoms. The van der Waals surface area contributed by atoms with Crippen LogP contribution in [0.3, 0.4) is 0 Å². The van der Waals surface area contributed by atoms with Crippen molar-refractivity contribution in [2.45, 2.75) is 32.7 Å². The Kier molecular flexibility index (Phi) is 8.90. The molecule has 1 aliphatic rings. The van der Waals surface area contributed by atoms with Crippen LogP contribution in [0.5, 0.6) is 0 Å². The van der Waals surface area contributed by atoms with Gasteiger partial charge < -0.3 is 20.0 Å². The van der Waals surface area contributed by atoms with Crippen molar-refractivity contribution < 1.29 is 4.42 Å². The topological polar surface area (TPSA) is 65.7 Å². The van der Waals surface area contributed by atoms with Gasteiger partial charge in [0.1, 0.15) is 11.6 Å². The van der Waals surface area contributed by atoms with Crippen molar-refractivity contribution in [2.24, 2.45) is 10.9 Å². The second kappa shape index (κ2) is 11.2. The molecule has 2 aromatic heterocycles. The number of guanidine groups is 1. The molecule has 2 N–H and O–H groups in total. The number of anilines is 1. The van der Waals surface area contributed by atoms with Gasteiger partial charge in [0.25, 0.3) is 0 Å². The number of pyridine rings is 1. The molecule has 148 valence electrons. The van der Waals surface area contributed by atoms with Crippen molar-refractivity contribution in [1.82, 2.24) is 15.6 Å². The average molecular weight is 483 g/mol. The van der Waals surface area contributed by atoms with E-state index in [2.05, 4.69) is 44.6 Å². The van der Waals surface area contributed by atoms with Crippen molar-refractivity contribution in [3.8, 4) is 0 Å². The molecule has 0 spiro atoms. The van der Waals surface area contributed by atoms with Gasteiger partial charge in [0.05, 0.1) is 6.26 Å². The molecule has 6 nitrogen and oxygen atoms in total. The van der Waals surface area contributed by atoms with Gasteiger partial charge in [0.2, 0.25) is 0 Å². The molecule has 7 heteroatoms. The van der Waals surface area contributed by atoms with Gasteiger partial charge in [-0.05, 0) is 42.5 Å². The van der Waals surface area contributed by atoms with E-state index >= 15 is 0 Å². The minimum absolute atomic E-state index is 0. The van der Waals surface area contributed by atoms with E-state index in [0.717, 1.165) is 55.1 Å². The van der Waals surface area contributed by atoms with Gasteiger partial charge in [-0.25, -0.2) is 4.98 Å². The third kappa shape index (κ3) is 6.71. The number of hydrogen-bond acceptors (Lipinski definition) is 4. The average Bonchev–Trinajstić information content (AvgIpc) is 3.19. The standard InChI is InChI=1S/C20H29N5O.HI/c1-16-8-11-25(12-9-16)19-6-5-17(14-23-19)15-24-20(21-2)22-10-7-18-4-3-13-26-18;/h3-6,13-14,16H,7-12,15H2,1-2H3,(H2,21,22,24);1H. The molecule has 0 amide bonds. The van der Waals surface area contributed by atoms with Crippen molar-refractivity contribution in [2.75, 3.05) is 31.6 Å². The molecule has 0 unspecified atom stereocenters. The summed E-state index contributed by atoms with van der Waals surface area (Å²) in [5, 5.41) is 6.62. The number of nitrogens with zero attached hydrogens (tertiary/aromatic N) is 3. The lowest BCUT2D eigenvalue weighted by Crippen LogP contribution is -2.37. The van der Waals surface area contributed by atoms with Crippen LogP contribution in [0.15, 0.2) is 46.1 Å². The maximum absolute atomic E-state index is 5.33. The third-order valence-corrected chi connectivity index (χ3v) is 4.84. The Labute approximate surface area is 178 Å². The molecule has 3 rings (SSSR count). The number of hydrogen-bond donors (Lipinski definition) is 2. The molecule has 1 fully saturated rings. The first-order valence-electron chi connectivity index (χ1n) is 9.41. The number of piperidine rings is 1. The van der Waals surface area contributed by atoms with Crippen LogP contribution in [0.2, 0.25) is 0 Å². The summed E-state index contributed by atoms with van der Waals surface area (Å²) in [6, 6.07) is 8.15. The molecule has 0 aliphatic carbocycles. The third-order valence-electron chi connectivity index (χ3n) is 4.84. The van der Waals surface area contributed by atoms with Crippen LogP contribution >= 0.6 is 24.0 Å². The van der Waals surface area contributed by atoms with Crippen LogP contribution in [0.1, 0.15) is 31.1 Å². The second-order valence-corrected chi connectivity index (χ2v) is 6.88. The number of halogens is 1. The lowest BCUT2D eigenvalue weighted by Gasteiger charge is -2.31. The fraction of sp³-hybridized carbons (Fsp3) is 0.500. The quantitative estimate of drug-likeness (QED) is 0.375. The van der Waals surface area contributed by atoms with E-state index in [1.165, 1.54) is 12.8 Å². The van der Waals surface area contributed by atoms with Gasteiger partial charge in [0.15, 0.2) is 5.96 Å². The molecule has 0 atom stereocenters. The first-order valence-corrected chi connectivity index (χ1v) is 9.41. The van der Waals surface area contributed by atoms with Crippen LogP contribution in [0.25, 0.3) is 0 Å². The SMILES string of the molecule is CN=C(NCCc1ccco1)NCc1ccc(N2CCC(C)CC2)nc1.I. The summed E-state index contributed by atoms with van der Waals surface area (Å²) in [6.07, 6.45) is 6.99. The molecule has 0 bridgehead atoms. The Hall–Kier alpha value is -1.77. The van der Waals surface area contributed by atoms with Crippen LogP contribution in [0, 0.1) is 5.92 Å². The Morgan fingerprint density at radius 3 is 2.70 bits per heavy atom. The molecule has 0 saturated carbocycles. The van der Waals surface area contributed by atoms with Crippen molar-refractivity contribution in [3.05, 3.63) is 48.0 Å². The summed E-state index contributed by atoms with van der Waals surface area (Å²) in [5.74, 6) is 3.67. The van der Waals surface area contributed by atoms with Gasteiger partial charge in [-0.3, -0.25) is 4.99 Å². The number of rotatable bonds is 6. The number of nitrogens with one attached hydrogen (secondary N) is 2. The van der Waals surface area contributed by atoms with Crippen LogP contribution < -0.4 is 15.5 Å². The summed E-state index contributed by atoms with van der Waals surface area (Å²) < 4.78 is 5.33. The van der Waals surface area contributed by atoms with E-state index < -0.39 is 0 Å². The van der Waals surface area contributed by atoms with Crippen molar-refractivity contribution in [1.29, 1.82) is 0 Å². The summed E-state index contributed by atoms with van der Waals surface area (Å²) in [5.41, 5.74) is 1.15. The molecule has 2 aromatic rings. The Morgan fingerprint density at radius 2 is 2.07 bits per heavy atom. The summed E-state index contributed by atoms with van der Waals surface area (Å²) in [4.78, 5) is 11.3. The van der Waals surface area contributed by atoms with E-state index in [9.17, 15) is 0 Å². The smallest absolute Gasteiger partial charge is 0.191 e. The molecule has 0 aromatic carbocycles. The number of aromatic nitrogens is 1. The molecular formula is C20H30IN5O. The van der Waals surface area contributed by atoms with E-state index in [4.69, 9.17) is 4.42 Å². The molecule has 1 saturated heterocycles. The monoisotopic (exact) mass is 483 g/mol. The predicted molar refractivity (Wildman–Crippen MR) is 121 cm³/mol. The maximum Gasteiger partial charge on any atom is 0.191 e. The van der Waals surface area contributed by atoms with Crippen LogP contribution in [0.4, 0.5) is 5.82 Å². The highest BCUT2D eigenvalue weighted by atomic mass is 127. The van der Waals surface area contributed by atoms with Crippen molar-refractivity contribution >= 4 is 35.8 Å². The van der Waals surface area contributed by atoms with E-state index in [-0.39, 0.29) is 24.0 Å². The summed E-state index contributed by atoms with van der Waals surface area (Å²) in [6.45, 7) is 6.02. The highest BCUT2D eigenvalue weighted by Gasteiger charge is 2.16. The van der Waals surface area contributed by atoms with E-state index in [1.807, 2.05) is 18.3 Å². The minimum Gasteiger partial charge on any atom is -0.469 e. The summed E-state index contributed by atoms with van der Waals surface area (Å²) >= 11 is 0. The second-order valence-electron chi connectivity index (χ2n) is 6.88. The Bertz CT molecular complexity index is 679. The van der Waals surface area contributed by atoms with Gasteiger partial charge in [-0.1, -0.05) is 13.0 Å². The number of furan rings is 1. The lowest BCUT2D eigenvalue weighted by molar-refractivity contribution is 0.436. The fourth-order valence-corrected chi connectivity index (χ4v) is 3.11. The van der Waals surface area contributed by atoms with E-state index in [0.29, 0.717) is 6.54 Å². The molecule has 0 radical (unpaired) electrons. The first kappa shape index (κ1) is 21.5. The highest BCUT2D eigenvalue weighted by molar-refractivity contribution is 14.0. The van der Waals surface area contributed by atoms with Gasteiger partial charge in [-0.2, -0.15) is 0 Å². The molecule has 3 heterocycles. The molecular weight excluding hydrogens is 453 g/mol. The fourth-order valence-electron chi connectivity index (χ4n) is 3.11. The van der Waals surface area contributed by atoms with Crippen LogP contribution in [-0.4, -0.2) is 37.6 Å². The van der Waals surface area contributed by atoms with Gasteiger partial charge in [0, 0.05) is 45.8 Å². The largest absolute Gasteiger partial charge is 0.469 e. The highest BCUT2D eigenvalue weighted by Crippen LogP contribution is 2.21. The summed E-state index contributed by atoms with van der Waals surface area (Å²) in [7, 11) is 1.78. The molecule has 1 aliphatic heterocycles. The number of aliphatic imine (C=N–C) groups is 1. The zero-order chi connectivity index (χ0) is 18.2.